The maximum atomic E-state index is 12.5. The number of hydrogen-bond donors (Lipinski definition) is 2. The van der Waals surface area contributed by atoms with Gasteiger partial charge in [0, 0.05) is 11.9 Å². The Labute approximate surface area is 139 Å². The Kier molecular flexibility index (Phi) is 4.11. The molecule has 0 spiro atoms. The average molecular weight is 354 g/mol. The lowest BCUT2D eigenvalue weighted by Crippen LogP contribution is -2.34. The van der Waals surface area contributed by atoms with E-state index in [2.05, 4.69) is 15.7 Å². The van der Waals surface area contributed by atoms with Crippen LogP contribution in [0.2, 0.25) is 0 Å². The van der Waals surface area contributed by atoms with E-state index in [9.17, 15) is 22.8 Å². The van der Waals surface area contributed by atoms with E-state index in [0.29, 0.717) is 17.1 Å². The summed E-state index contributed by atoms with van der Waals surface area (Å²) in [5.41, 5.74) is -0.298. The monoisotopic (exact) mass is 354 g/mol. The molecule has 3 rings (SSSR count). The van der Waals surface area contributed by atoms with Gasteiger partial charge in [-0.05, 0) is 31.2 Å². The van der Waals surface area contributed by atoms with Gasteiger partial charge in [-0.25, -0.2) is 0 Å². The van der Waals surface area contributed by atoms with Gasteiger partial charge in [0.2, 0.25) is 5.91 Å². The van der Waals surface area contributed by atoms with Gasteiger partial charge in [0.25, 0.3) is 5.91 Å². The van der Waals surface area contributed by atoms with Gasteiger partial charge in [0.1, 0.15) is 12.3 Å². The number of halogens is 3. The minimum Gasteiger partial charge on any atom is -0.479 e. The summed E-state index contributed by atoms with van der Waals surface area (Å²) in [4.78, 5) is 23.5. The second kappa shape index (κ2) is 6.11. The highest BCUT2D eigenvalue weighted by molar-refractivity contribution is 5.99. The molecular formula is C15H13F3N4O3. The van der Waals surface area contributed by atoms with Crippen molar-refractivity contribution in [1.29, 1.82) is 0 Å². The first-order chi connectivity index (χ1) is 11.7. The number of carbonyl (C=O) groups excluding carboxylic acids is 2. The maximum absolute atomic E-state index is 12.5. The number of anilines is 2. The largest absolute Gasteiger partial charge is 0.479 e. The average Bonchev–Trinajstić information content (AvgIpc) is 2.97. The number of rotatable bonds is 3. The van der Waals surface area contributed by atoms with Crippen molar-refractivity contribution in [2.24, 2.45) is 0 Å². The van der Waals surface area contributed by atoms with Crippen molar-refractivity contribution in [2.45, 2.75) is 25.7 Å². The summed E-state index contributed by atoms with van der Waals surface area (Å²) in [6, 6.07) is 5.43. The van der Waals surface area contributed by atoms with Crippen LogP contribution in [0.1, 0.15) is 12.6 Å². The lowest BCUT2D eigenvalue weighted by molar-refractivity contribution is -0.141. The molecule has 1 aliphatic rings. The number of aromatic nitrogens is 2. The van der Waals surface area contributed by atoms with Crippen LogP contribution in [-0.2, 0) is 22.3 Å². The number of ether oxygens (including phenoxy) is 1. The van der Waals surface area contributed by atoms with Crippen LogP contribution in [0.5, 0.6) is 5.75 Å². The molecule has 1 atom stereocenters. The van der Waals surface area contributed by atoms with Gasteiger partial charge in [-0.2, -0.15) is 18.3 Å². The Morgan fingerprint density at radius 1 is 1.40 bits per heavy atom. The molecule has 0 unspecified atom stereocenters. The van der Waals surface area contributed by atoms with Gasteiger partial charge >= 0.3 is 6.18 Å². The first-order valence-electron chi connectivity index (χ1n) is 7.24. The van der Waals surface area contributed by atoms with E-state index in [1.807, 2.05) is 0 Å². The van der Waals surface area contributed by atoms with Crippen LogP contribution in [0.25, 0.3) is 0 Å². The fourth-order valence-electron chi connectivity index (χ4n) is 2.24. The van der Waals surface area contributed by atoms with Crippen LogP contribution in [0.4, 0.5) is 24.5 Å². The number of nitrogens with zero attached hydrogens (tertiary/aromatic N) is 2. The Morgan fingerprint density at radius 2 is 2.16 bits per heavy atom. The van der Waals surface area contributed by atoms with E-state index in [-0.39, 0.29) is 12.5 Å². The molecule has 2 aromatic rings. The third-order valence-electron chi connectivity index (χ3n) is 3.43. The second-order valence-corrected chi connectivity index (χ2v) is 5.40. The number of carbonyl (C=O) groups is 2. The molecule has 0 aliphatic carbocycles. The van der Waals surface area contributed by atoms with Crippen LogP contribution in [-0.4, -0.2) is 27.7 Å². The number of alkyl halides is 3. The predicted octanol–water partition coefficient (Wildman–Crippen LogP) is 2.26. The fraction of sp³-hybridized carbons (Fsp3) is 0.267. The first-order valence-corrected chi connectivity index (χ1v) is 7.24. The Hall–Kier alpha value is -3.04. The summed E-state index contributed by atoms with van der Waals surface area (Å²) < 4.78 is 43.7. The summed E-state index contributed by atoms with van der Waals surface area (Å²) in [6.45, 7) is 1.22. The van der Waals surface area contributed by atoms with E-state index in [1.165, 1.54) is 6.07 Å². The fourth-order valence-corrected chi connectivity index (χ4v) is 2.24. The Bertz CT molecular complexity index is 832. The molecular weight excluding hydrogens is 341 g/mol. The molecule has 2 amide bonds. The summed E-state index contributed by atoms with van der Waals surface area (Å²) in [5.74, 6) is -0.410. The van der Waals surface area contributed by atoms with E-state index >= 15 is 0 Å². The summed E-state index contributed by atoms with van der Waals surface area (Å²) >= 11 is 0. The van der Waals surface area contributed by atoms with Crippen LogP contribution in [0.15, 0.2) is 30.5 Å². The highest BCUT2D eigenvalue weighted by Crippen LogP contribution is 2.32. The van der Waals surface area contributed by atoms with Crippen molar-refractivity contribution in [3.63, 3.8) is 0 Å². The molecule has 0 radical (unpaired) electrons. The summed E-state index contributed by atoms with van der Waals surface area (Å²) in [5, 5.41) is 8.47. The molecule has 0 fully saturated rings. The number of amides is 2. The van der Waals surface area contributed by atoms with Crippen molar-refractivity contribution >= 4 is 23.2 Å². The van der Waals surface area contributed by atoms with Crippen LogP contribution >= 0.6 is 0 Å². The van der Waals surface area contributed by atoms with E-state index in [1.54, 1.807) is 19.1 Å². The second-order valence-electron chi connectivity index (χ2n) is 5.40. The first kappa shape index (κ1) is 16.8. The van der Waals surface area contributed by atoms with Crippen LogP contribution < -0.4 is 15.4 Å². The van der Waals surface area contributed by atoms with Gasteiger partial charge in [0.15, 0.2) is 11.8 Å². The highest BCUT2D eigenvalue weighted by Gasteiger charge is 2.33. The third-order valence-corrected chi connectivity index (χ3v) is 3.43. The zero-order valence-electron chi connectivity index (χ0n) is 12.9. The number of benzene rings is 1. The van der Waals surface area contributed by atoms with E-state index < -0.39 is 23.9 Å². The number of hydrogen-bond acceptors (Lipinski definition) is 4. The van der Waals surface area contributed by atoms with Gasteiger partial charge in [-0.15, -0.1) is 0 Å². The summed E-state index contributed by atoms with van der Waals surface area (Å²) in [6.07, 6.45) is -4.10. The normalized spacial score (nSPS) is 16.6. The molecule has 0 bridgehead atoms. The molecule has 1 aliphatic heterocycles. The Balaban J connectivity index is 1.66. The third kappa shape index (κ3) is 3.73. The quantitative estimate of drug-likeness (QED) is 0.885. The minimum atomic E-state index is -4.56. The van der Waals surface area contributed by atoms with Gasteiger partial charge in [-0.1, -0.05) is 0 Å². The standard InChI is InChI=1S/C15H13F3N4O3/c1-8-14(24)20-10-6-9(2-3-11(10)25-8)19-13(23)7-22-5-4-12(21-22)15(16,17)18/h2-6,8H,7H2,1H3,(H,19,23)(H,20,24)/t8-/m0/s1. The van der Waals surface area contributed by atoms with Crippen molar-refractivity contribution in [3.8, 4) is 5.75 Å². The molecule has 2 N–H and O–H groups in total. The van der Waals surface area contributed by atoms with Crippen LogP contribution in [0, 0.1) is 0 Å². The number of nitrogens with one attached hydrogen (secondary N) is 2. The summed E-state index contributed by atoms with van der Waals surface area (Å²) in [7, 11) is 0. The van der Waals surface area contributed by atoms with Crippen molar-refractivity contribution < 1.29 is 27.5 Å². The zero-order valence-corrected chi connectivity index (χ0v) is 12.9. The molecule has 0 saturated heterocycles. The predicted molar refractivity (Wildman–Crippen MR) is 81.0 cm³/mol. The SMILES string of the molecule is C[C@@H]1Oc2ccc(NC(=O)Cn3ccc(C(F)(F)F)n3)cc2NC1=O. The van der Waals surface area contributed by atoms with Crippen molar-refractivity contribution in [3.05, 3.63) is 36.2 Å². The minimum absolute atomic E-state index is 0.313. The topological polar surface area (TPSA) is 85.2 Å². The van der Waals surface area contributed by atoms with Gasteiger partial charge in [0.05, 0.1) is 5.69 Å². The smallest absolute Gasteiger partial charge is 0.435 e. The molecule has 2 heterocycles. The molecule has 1 aromatic carbocycles. The Morgan fingerprint density at radius 3 is 2.84 bits per heavy atom. The molecule has 132 valence electrons. The molecule has 0 saturated carbocycles. The van der Waals surface area contributed by atoms with E-state index in [4.69, 9.17) is 4.74 Å². The number of fused-ring (bicyclic) bond motifs is 1. The zero-order chi connectivity index (χ0) is 18.2. The van der Waals surface area contributed by atoms with E-state index in [0.717, 1.165) is 16.9 Å². The lowest BCUT2D eigenvalue weighted by atomic mass is 10.2. The molecule has 10 heteroatoms. The maximum Gasteiger partial charge on any atom is 0.435 e. The molecule has 1 aromatic heterocycles. The molecule has 25 heavy (non-hydrogen) atoms. The van der Waals surface area contributed by atoms with Crippen molar-refractivity contribution in [2.75, 3.05) is 10.6 Å². The van der Waals surface area contributed by atoms with Crippen molar-refractivity contribution in [1.82, 2.24) is 9.78 Å². The van der Waals surface area contributed by atoms with Gasteiger partial charge < -0.3 is 15.4 Å². The highest BCUT2D eigenvalue weighted by atomic mass is 19.4. The van der Waals surface area contributed by atoms with Gasteiger partial charge in [-0.3, -0.25) is 14.3 Å². The molecule has 7 nitrogen and oxygen atoms in total. The lowest BCUT2D eigenvalue weighted by Gasteiger charge is -2.23. The van der Waals surface area contributed by atoms with Crippen LogP contribution in [0.3, 0.4) is 0 Å².